The third-order valence-corrected chi connectivity index (χ3v) is 4.68. The van der Waals surface area contributed by atoms with E-state index in [-0.39, 0.29) is 30.0 Å². The lowest BCUT2D eigenvalue weighted by Crippen LogP contribution is -2.32. The molecule has 9 heteroatoms. The molecule has 0 radical (unpaired) electrons. The van der Waals surface area contributed by atoms with Gasteiger partial charge in [-0.2, -0.15) is 13.9 Å². The Morgan fingerprint density at radius 3 is 2.89 bits per heavy atom. The Bertz CT molecular complexity index is 806. The number of hydrogen-bond acceptors (Lipinski definition) is 5. The largest absolute Gasteiger partial charge is 0.493 e. The fourth-order valence-electron chi connectivity index (χ4n) is 3.26. The zero-order valence-electron chi connectivity index (χ0n) is 15.9. The Hall–Kier alpha value is -2.68. The first-order valence-corrected chi connectivity index (χ1v) is 9.11. The second-order valence-corrected chi connectivity index (χ2v) is 6.71. The molecule has 1 unspecified atom stereocenters. The summed E-state index contributed by atoms with van der Waals surface area (Å²) in [6, 6.07) is 6.63. The highest BCUT2D eigenvalue weighted by atomic mass is 19.3. The van der Waals surface area contributed by atoms with Gasteiger partial charge in [-0.15, -0.1) is 0 Å². The fraction of sp³-hybridized carbons (Fsp3) is 0.474. The van der Waals surface area contributed by atoms with E-state index in [2.05, 4.69) is 15.2 Å². The highest BCUT2D eigenvalue weighted by Gasteiger charge is 2.20. The number of aromatic nitrogens is 2. The summed E-state index contributed by atoms with van der Waals surface area (Å²) in [7, 11) is 3.02. The number of alkyl halides is 2. The quantitative estimate of drug-likeness (QED) is 0.782. The summed E-state index contributed by atoms with van der Waals surface area (Å²) in [5.41, 5.74) is 0.994. The number of carbonyl (C=O) groups is 1. The molecule has 1 aromatic carbocycles. The number of nitrogens with one attached hydrogen (secondary N) is 1. The van der Waals surface area contributed by atoms with E-state index in [1.165, 1.54) is 24.1 Å². The molecule has 1 aliphatic rings. The molecule has 0 spiro atoms. The van der Waals surface area contributed by atoms with Crippen molar-refractivity contribution in [1.29, 1.82) is 0 Å². The van der Waals surface area contributed by atoms with Gasteiger partial charge in [0.25, 0.3) is 5.91 Å². The van der Waals surface area contributed by atoms with Crippen LogP contribution in [0, 0.1) is 0 Å². The number of methoxy groups -OCH3 is 1. The van der Waals surface area contributed by atoms with Gasteiger partial charge in [0.1, 0.15) is 5.69 Å². The van der Waals surface area contributed by atoms with Gasteiger partial charge in [-0.05, 0) is 43.1 Å². The van der Waals surface area contributed by atoms with Gasteiger partial charge in [0.05, 0.1) is 13.2 Å². The van der Waals surface area contributed by atoms with Gasteiger partial charge in [0.15, 0.2) is 11.5 Å². The SMILES string of the molecule is COc1ccc(CN(C)C(=O)c2ccn(C3CCCNC3)n2)cc1OC(F)F. The molecule has 28 heavy (non-hydrogen) atoms. The van der Waals surface area contributed by atoms with Crippen LogP contribution < -0.4 is 14.8 Å². The van der Waals surface area contributed by atoms with E-state index in [1.807, 2.05) is 10.9 Å². The monoisotopic (exact) mass is 394 g/mol. The Kier molecular flexibility index (Phi) is 6.45. The van der Waals surface area contributed by atoms with Crippen molar-refractivity contribution in [3.8, 4) is 11.5 Å². The number of benzene rings is 1. The molecule has 1 fully saturated rings. The molecule has 0 bridgehead atoms. The zero-order valence-corrected chi connectivity index (χ0v) is 15.9. The summed E-state index contributed by atoms with van der Waals surface area (Å²) in [5.74, 6) is -0.0996. The minimum absolute atomic E-state index is 0.0649. The average Bonchev–Trinajstić information content (AvgIpc) is 3.18. The predicted molar refractivity (Wildman–Crippen MR) is 98.8 cm³/mol. The van der Waals surface area contributed by atoms with Crippen molar-refractivity contribution in [2.75, 3.05) is 27.2 Å². The van der Waals surface area contributed by atoms with Gasteiger partial charge in [-0.3, -0.25) is 9.48 Å². The summed E-state index contributed by atoms with van der Waals surface area (Å²) in [6.07, 6.45) is 3.92. The summed E-state index contributed by atoms with van der Waals surface area (Å²) < 4.78 is 36.5. The first-order valence-electron chi connectivity index (χ1n) is 9.11. The van der Waals surface area contributed by atoms with Crippen LogP contribution in [0.1, 0.15) is 34.9 Å². The van der Waals surface area contributed by atoms with Crippen molar-refractivity contribution in [2.45, 2.75) is 32.0 Å². The van der Waals surface area contributed by atoms with E-state index < -0.39 is 6.61 Å². The van der Waals surface area contributed by atoms with Crippen LogP contribution in [-0.4, -0.2) is 54.4 Å². The van der Waals surface area contributed by atoms with E-state index in [0.717, 1.165) is 25.9 Å². The third kappa shape index (κ3) is 4.78. The smallest absolute Gasteiger partial charge is 0.387 e. The van der Waals surface area contributed by atoms with Gasteiger partial charge >= 0.3 is 6.61 Å². The molecule has 1 saturated heterocycles. The third-order valence-electron chi connectivity index (χ3n) is 4.68. The Labute approximate surface area is 162 Å². The van der Waals surface area contributed by atoms with Crippen molar-refractivity contribution in [3.05, 3.63) is 41.7 Å². The lowest BCUT2D eigenvalue weighted by atomic mass is 10.1. The first kappa shape index (κ1) is 20.1. The van der Waals surface area contributed by atoms with Crippen molar-refractivity contribution < 1.29 is 23.0 Å². The van der Waals surface area contributed by atoms with Crippen molar-refractivity contribution in [3.63, 3.8) is 0 Å². The van der Waals surface area contributed by atoms with E-state index >= 15 is 0 Å². The number of rotatable bonds is 7. The maximum atomic E-state index is 12.7. The number of piperidine rings is 1. The highest BCUT2D eigenvalue weighted by molar-refractivity contribution is 5.92. The van der Waals surface area contributed by atoms with Crippen LogP contribution in [0.4, 0.5) is 8.78 Å². The second-order valence-electron chi connectivity index (χ2n) is 6.71. The molecule has 1 aromatic heterocycles. The Balaban J connectivity index is 1.68. The van der Waals surface area contributed by atoms with E-state index in [0.29, 0.717) is 11.3 Å². The maximum Gasteiger partial charge on any atom is 0.387 e. The van der Waals surface area contributed by atoms with E-state index in [9.17, 15) is 13.6 Å². The Morgan fingerprint density at radius 1 is 1.39 bits per heavy atom. The van der Waals surface area contributed by atoms with Crippen LogP contribution >= 0.6 is 0 Å². The van der Waals surface area contributed by atoms with Gasteiger partial charge < -0.3 is 19.7 Å². The van der Waals surface area contributed by atoms with Crippen molar-refractivity contribution in [1.82, 2.24) is 20.0 Å². The lowest BCUT2D eigenvalue weighted by molar-refractivity contribution is -0.0512. The summed E-state index contributed by atoms with van der Waals surface area (Å²) in [6.45, 7) is -0.892. The van der Waals surface area contributed by atoms with E-state index in [4.69, 9.17) is 4.74 Å². The molecule has 2 aromatic rings. The van der Waals surface area contributed by atoms with Crippen LogP contribution in [0.2, 0.25) is 0 Å². The van der Waals surface area contributed by atoms with Crippen molar-refractivity contribution >= 4 is 5.91 Å². The molecule has 0 saturated carbocycles. The van der Waals surface area contributed by atoms with Crippen LogP contribution in [0.3, 0.4) is 0 Å². The highest BCUT2D eigenvalue weighted by Crippen LogP contribution is 2.30. The minimum atomic E-state index is -2.96. The molecule has 1 aliphatic heterocycles. The molecular weight excluding hydrogens is 370 g/mol. The number of hydrogen-bond donors (Lipinski definition) is 1. The van der Waals surface area contributed by atoms with Crippen LogP contribution in [-0.2, 0) is 6.54 Å². The number of ether oxygens (including phenoxy) is 2. The molecule has 2 heterocycles. The molecule has 152 valence electrons. The molecule has 3 rings (SSSR count). The maximum absolute atomic E-state index is 12.7. The van der Waals surface area contributed by atoms with Crippen LogP contribution in [0.15, 0.2) is 30.5 Å². The van der Waals surface area contributed by atoms with Crippen molar-refractivity contribution in [2.24, 2.45) is 0 Å². The second kappa shape index (κ2) is 9.01. The van der Waals surface area contributed by atoms with Gasteiger partial charge in [-0.25, -0.2) is 0 Å². The van der Waals surface area contributed by atoms with Crippen LogP contribution in [0.5, 0.6) is 11.5 Å². The zero-order chi connectivity index (χ0) is 20.1. The van der Waals surface area contributed by atoms with Crippen LogP contribution in [0.25, 0.3) is 0 Å². The van der Waals surface area contributed by atoms with Gasteiger partial charge in [0, 0.05) is 26.3 Å². The van der Waals surface area contributed by atoms with Gasteiger partial charge in [0.2, 0.25) is 0 Å². The minimum Gasteiger partial charge on any atom is -0.493 e. The summed E-state index contributed by atoms with van der Waals surface area (Å²) >= 11 is 0. The number of nitrogens with zero attached hydrogens (tertiary/aromatic N) is 3. The standard InChI is InChI=1S/C19H24F2N4O3/c1-24(12-13-5-6-16(27-2)17(10-13)28-19(20)21)18(26)15-7-9-25(23-15)14-4-3-8-22-11-14/h5-7,9-10,14,19,22H,3-4,8,11-12H2,1-2H3. The normalized spacial score (nSPS) is 16.8. The molecule has 0 aliphatic carbocycles. The number of halogens is 2. The molecular formula is C19H24F2N4O3. The topological polar surface area (TPSA) is 68.6 Å². The van der Waals surface area contributed by atoms with E-state index in [1.54, 1.807) is 19.2 Å². The predicted octanol–water partition coefficient (Wildman–Crippen LogP) is 2.69. The number of amides is 1. The van der Waals surface area contributed by atoms with Gasteiger partial charge in [-0.1, -0.05) is 6.07 Å². The average molecular weight is 394 g/mol. The summed E-state index contributed by atoms with van der Waals surface area (Å²) in [4.78, 5) is 14.2. The first-order chi connectivity index (χ1) is 13.5. The Morgan fingerprint density at radius 2 is 2.21 bits per heavy atom. The molecule has 7 nitrogen and oxygen atoms in total. The fourth-order valence-corrected chi connectivity index (χ4v) is 3.26. The molecule has 1 amide bonds. The molecule has 1 atom stereocenters. The molecule has 1 N–H and O–H groups in total. The lowest BCUT2D eigenvalue weighted by Gasteiger charge is -2.23. The summed E-state index contributed by atoms with van der Waals surface area (Å²) in [5, 5.41) is 7.75. The number of carbonyl (C=O) groups excluding carboxylic acids is 1.